The molecule has 2 aromatic heterocycles. The Morgan fingerprint density at radius 2 is 0.508 bits per heavy atom. The van der Waals surface area contributed by atoms with Crippen LogP contribution < -0.4 is 9.64 Å². The van der Waals surface area contributed by atoms with E-state index in [1.54, 1.807) is 0 Å². The van der Waals surface area contributed by atoms with Crippen LogP contribution >= 0.6 is 0 Å². The first-order valence-corrected chi connectivity index (χ1v) is 40.3. The van der Waals surface area contributed by atoms with Crippen LogP contribution in [0.4, 0.5) is 11.4 Å². The number of hydrogen-bond acceptors (Lipinski definition) is 8. The molecule has 4 aliphatic rings. The molecule has 4 heterocycles. The van der Waals surface area contributed by atoms with E-state index in [1.165, 1.54) is 77.4 Å². The lowest BCUT2D eigenvalue weighted by atomic mass is 9.90. The summed E-state index contributed by atoms with van der Waals surface area (Å²) in [5.74, 6) is 5.25. The van der Waals surface area contributed by atoms with E-state index in [1.807, 2.05) is 12.1 Å². The first-order valence-electron chi connectivity index (χ1n) is 40.3. The van der Waals surface area contributed by atoms with E-state index in [2.05, 4.69) is 424 Å². The topological polar surface area (TPSA) is 89.8 Å². The lowest BCUT2D eigenvalue weighted by Crippen LogP contribution is -2.28. The number of rotatable bonds is 14. The highest BCUT2D eigenvalue weighted by molar-refractivity contribution is 5.99. The molecule has 4 unspecified atom stereocenters. The van der Waals surface area contributed by atoms with Gasteiger partial charge >= 0.3 is 0 Å². The van der Waals surface area contributed by atoms with Gasteiger partial charge in [0.25, 0.3) is 0 Å². The van der Waals surface area contributed by atoms with Crippen LogP contribution in [0.2, 0.25) is 0 Å². The van der Waals surface area contributed by atoms with E-state index in [0.29, 0.717) is 34.9 Å². The molecule has 22 rings (SSSR count). The van der Waals surface area contributed by atoms with Crippen LogP contribution in [0.25, 0.3) is 168 Å². The maximum Gasteiger partial charge on any atom is 0.164 e. The van der Waals surface area contributed by atoms with E-state index in [9.17, 15) is 0 Å². The fourth-order valence-corrected chi connectivity index (χ4v) is 17.2. The molecule has 0 radical (unpaired) electrons. The maximum atomic E-state index is 6.46. The molecule has 556 valence electrons. The molecule has 2 aliphatic carbocycles. The van der Waals surface area contributed by atoms with Crippen molar-refractivity contribution in [1.82, 2.24) is 29.9 Å². The zero-order valence-corrected chi connectivity index (χ0v) is 64.3. The maximum absolute atomic E-state index is 6.46. The summed E-state index contributed by atoms with van der Waals surface area (Å²) in [6.45, 7) is 0. The molecule has 4 atom stereocenters. The van der Waals surface area contributed by atoms with Crippen molar-refractivity contribution in [2.24, 2.45) is 0 Å². The van der Waals surface area contributed by atoms with E-state index >= 15 is 0 Å². The fraction of sp³-hybridized carbons (Fsp3) is 0.0364. The van der Waals surface area contributed by atoms with Gasteiger partial charge < -0.3 is 9.64 Å². The Labute approximate surface area is 685 Å². The number of nitrogens with zero attached hydrogens (tertiary/aromatic N) is 7. The number of fused-ring (bicyclic) bond motifs is 8. The predicted octanol–water partition coefficient (Wildman–Crippen LogP) is 27.4. The average Bonchev–Trinajstić information content (AvgIpc) is 1.58. The number of allylic oxidation sites excluding steroid dienone is 4. The number of anilines is 2. The third-order valence-corrected chi connectivity index (χ3v) is 23.2. The van der Waals surface area contributed by atoms with Gasteiger partial charge in [0.05, 0.1) is 11.7 Å². The highest BCUT2D eigenvalue weighted by atomic mass is 16.5. The number of benzene rings is 16. The molecule has 8 nitrogen and oxygen atoms in total. The summed E-state index contributed by atoms with van der Waals surface area (Å²) in [4.78, 5) is 33.1. The van der Waals surface area contributed by atoms with Crippen LogP contribution in [-0.2, 0) is 0 Å². The van der Waals surface area contributed by atoms with Crippen molar-refractivity contribution in [2.75, 3.05) is 4.90 Å². The summed E-state index contributed by atoms with van der Waals surface area (Å²) in [5, 5.41) is 4.90. The fourth-order valence-electron chi connectivity index (χ4n) is 17.2. The average molecular weight is 1510 g/mol. The minimum Gasteiger partial charge on any atom is -0.484 e. The minimum atomic E-state index is 0.0420. The summed E-state index contributed by atoms with van der Waals surface area (Å²) in [7, 11) is 0. The van der Waals surface area contributed by atoms with Crippen molar-refractivity contribution in [3.05, 3.63) is 442 Å². The van der Waals surface area contributed by atoms with Gasteiger partial charge in [-0.15, -0.1) is 0 Å². The van der Waals surface area contributed by atoms with Crippen molar-refractivity contribution >= 4 is 32.9 Å². The minimum absolute atomic E-state index is 0.0420. The summed E-state index contributed by atoms with van der Waals surface area (Å²) in [6.07, 6.45) is 17.6. The number of hydrogen-bond donors (Lipinski definition) is 0. The normalized spacial score (nSPS) is 15.2. The molecule has 2 aliphatic heterocycles. The van der Waals surface area contributed by atoms with Gasteiger partial charge in [-0.3, -0.25) is 0 Å². The van der Waals surface area contributed by atoms with Crippen LogP contribution in [0.3, 0.4) is 0 Å². The summed E-state index contributed by atoms with van der Waals surface area (Å²) in [5.41, 5.74) is 26.8. The quantitative estimate of drug-likeness (QED) is 0.106. The molecule has 0 bridgehead atoms. The van der Waals surface area contributed by atoms with Crippen molar-refractivity contribution in [3.63, 3.8) is 0 Å². The number of ether oxygens (including phenoxy) is 1. The van der Waals surface area contributed by atoms with Crippen molar-refractivity contribution in [3.8, 4) is 152 Å². The Bertz CT molecular complexity index is 6900. The van der Waals surface area contributed by atoms with Crippen molar-refractivity contribution < 1.29 is 4.74 Å². The van der Waals surface area contributed by atoms with E-state index in [-0.39, 0.29) is 24.0 Å². The summed E-state index contributed by atoms with van der Waals surface area (Å²) in [6, 6.07) is 135. The van der Waals surface area contributed by atoms with Crippen LogP contribution in [0, 0.1) is 0 Å². The van der Waals surface area contributed by atoms with Crippen LogP contribution in [-0.4, -0.2) is 42.0 Å². The molecule has 18 aromatic rings. The van der Waals surface area contributed by atoms with Gasteiger partial charge in [0, 0.05) is 67.6 Å². The SMILES string of the molecule is C1=CC2Oc3c(-c4ccc(-c5nc(-c6ccc(-c7ccccc7)cc6)nc(-c6ccc(-c7cccc8ccccc78)cc6)n5)cc4)cccc3C2C=C1.C1=CC2c3cccc(-c4ccc(-c5nc(-c6ccc(-c7ccc(-c8ccccc8)cc7)cc6)nc(-c6ccc(-c7cccc8ccccc78)cc6)n5)cc4)c3N(c3ccccc3)C2C=C1. The molecule has 0 spiro atoms. The molecular formula is C110H75N7O. The van der Waals surface area contributed by atoms with E-state index in [0.717, 1.165) is 83.6 Å². The monoisotopic (exact) mass is 1510 g/mol. The van der Waals surface area contributed by atoms with Crippen molar-refractivity contribution in [1.29, 1.82) is 0 Å². The first-order chi connectivity index (χ1) is 58.5. The zero-order valence-electron chi connectivity index (χ0n) is 64.3. The van der Waals surface area contributed by atoms with E-state index < -0.39 is 0 Å². The highest BCUT2D eigenvalue weighted by Crippen LogP contribution is 2.53. The second kappa shape index (κ2) is 30.8. The standard InChI is InChI=1S/C61H42N4.C49H33N3O/c1-3-13-41(14-4-1)42-25-27-43(28-26-42)44-29-35-48(36-30-44)59-62-60(49-37-31-46(32-38-49)53-21-11-16-45-15-7-8-19-52(45)53)64-61(63-59)50-39-33-47(34-40-50)54-22-12-23-56-55-20-9-10-24-57(55)65(58(54)56)51-17-5-2-6-18-51;1-2-10-32(11-3-1)33-20-26-37(27-21-33)47-50-48(38-28-22-35(23-29-38)41-16-8-13-34-12-4-5-14-40(34)41)52-49(51-47)39-30-24-36(25-31-39)42-17-9-18-44-43-15-6-7-19-45(43)53-46(42)44/h1-40,55,57H;1-31,43,45H. The largest absolute Gasteiger partial charge is 0.484 e. The number of aromatic nitrogens is 6. The van der Waals surface area contributed by atoms with E-state index in [4.69, 9.17) is 34.6 Å². The van der Waals surface area contributed by atoms with Gasteiger partial charge in [0.2, 0.25) is 0 Å². The number of para-hydroxylation sites is 3. The van der Waals surface area contributed by atoms with Crippen LogP contribution in [0.1, 0.15) is 23.0 Å². The first kappa shape index (κ1) is 70.5. The molecule has 0 amide bonds. The third kappa shape index (κ3) is 13.6. The van der Waals surface area contributed by atoms with Crippen LogP contribution in [0.5, 0.6) is 5.75 Å². The molecule has 0 saturated heterocycles. The smallest absolute Gasteiger partial charge is 0.164 e. The van der Waals surface area contributed by atoms with Gasteiger partial charge in [-0.05, 0) is 112 Å². The van der Waals surface area contributed by atoms with Gasteiger partial charge in [-0.1, -0.05) is 413 Å². The van der Waals surface area contributed by atoms with Gasteiger partial charge in [-0.25, -0.2) is 29.9 Å². The zero-order chi connectivity index (χ0) is 78.2. The Kier molecular flexibility index (Phi) is 18.4. The Morgan fingerprint density at radius 1 is 0.212 bits per heavy atom. The highest BCUT2D eigenvalue weighted by Gasteiger charge is 2.39. The third-order valence-electron chi connectivity index (χ3n) is 23.2. The Balaban J connectivity index is 0.000000150. The summed E-state index contributed by atoms with van der Waals surface area (Å²) < 4.78 is 6.46. The van der Waals surface area contributed by atoms with Gasteiger partial charge in [0.15, 0.2) is 34.9 Å². The Morgan fingerprint density at radius 3 is 0.941 bits per heavy atom. The Hall–Kier alpha value is -15.4. The lowest BCUT2D eigenvalue weighted by Gasteiger charge is -2.29. The molecule has 8 heteroatoms. The molecule has 0 saturated carbocycles. The van der Waals surface area contributed by atoms with Crippen LogP contribution in [0.15, 0.2) is 431 Å². The van der Waals surface area contributed by atoms with Gasteiger partial charge in [0.1, 0.15) is 11.9 Å². The molecular weight excluding hydrogens is 1440 g/mol. The lowest BCUT2D eigenvalue weighted by molar-refractivity contribution is 0.270. The second-order valence-electron chi connectivity index (χ2n) is 30.3. The molecule has 0 fully saturated rings. The van der Waals surface area contributed by atoms with Crippen molar-refractivity contribution in [2.45, 2.75) is 24.0 Å². The molecule has 118 heavy (non-hydrogen) atoms. The molecule has 16 aromatic carbocycles. The van der Waals surface area contributed by atoms with Gasteiger partial charge in [-0.2, -0.15) is 0 Å². The summed E-state index contributed by atoms with van der Waals surface area (Å²) >= 11 is 0. The second-order valence-corrected chi connectivity index (χ2v) is 30.3. The molecule has 0 N–H and O–H groups in total. The predicted molar refractivity (Wildman–Crippen MR) is 484 cm³/mol.